The van der Waals surface area contributed by atoms with Crippen LogP contribution < -0.4 is 0 Å². The molecular formula is C27H26F8O2. The standard InChI is InChI=1S/C27H26F8O2/c1-15-11-12-25(8,14-15)26(31,32)36-21(7)24(30)23(29)19(5)17(3)10-9-16(2)18(4)13-22(28)20(6)37-27(33,34)35/h9-13,15H,2-7,14H2,1,8H3/b10-9-,22-13+,24-23-/t15?,25-/m0/s1. The van der Waals surface area contributed by atoms with Crippen molar-refractivity contribution in [3.63, 3.8) is 0 Å². The Balaban J connectivity index is 2.90. The molecular weight excluding hydrogens is 508 g/mol. The summed E-state index contributed by atoms with van der Waals surface area (Å²) in [5, 5.41) is 0. The molecule has 202 valence electrons. The average molecular weight is 534 g/mol. The molecule has 0 saturated heterocycles. The Labute approximate surface area is 210 Å². The summed E-state index contributed by atoms with van der Waals surface area (Å²) in [6, 6.07) is 0. The number of hydrogen-bond acceptors (Lipinski definition) is 2. The van der Waals surface area contributed by atoms with Crippen molar-refractivity contribution in [3.05, 3.63) is 121 Å². The lowest BCUT2D eigenvalue weighted by Gasteiger charge is -2.32. The van der Waals surface area contributed by atoms with Crippen molar-refractivity contribution >= 4 is 0 Å². The largest absolute Gasteiger partial charge is 0.573 e. The molecule has 0 aromatic heterocycles. The predicted molar refractivity (Wildman–Crippen MR) is 127 cm³/mol. The smallest absolute Gasteiger partial charge is 0.429 e. The third kappa shape index (κ3) is 8.51. The van der Waals surface area contributed by atoms with Gasteiger partial charge < -0.3 is 9.47 Å². The Kier molecular flexibility index (Phi) is 9.92. The topological polar surface area (TPSA) is 18.5 Å². The zero-order valence-electron chi connectivity index (χ0n) is 20.3. The maximum atomic E-state index is 14.6. The van der Waals surface area contributed by atoms with Crippen LogP contribution in [0.3, 0.4) is 0 Å². The molecule has 0 saturated carbocycles. The maximum absolute atomic E-state index is 14.6. The van der Waals surface area contributed by atoms with Crippen LogP contribution in [0.4, 0.5) is 35.1 Å². The van der Waals surface area contributed by atoms with Crippen molar-refractivity contribution < 1.29 is 44.6 Å². The summed E-state index contributed by atoms with van der Waals surface area (Å²) in [7, 11) is 0. The van der Waals surface area contributed by atoms with Crippen LogP contribution in [0.15, 0.2) is 121 Å². The van der Waals surface area contributed by atoms with Gasteiger partial charge in [-0.2, -0.15) is 13.2 Å². The van der Waals surface area contributed by atoms with Crippen LogP contribution in [0.5, 0.6) is 0 Å². The summed E-state index contributed by atoms with van der Waals surface area (Å²) in [6.45, 7) is 22.5. The van der Waals surface area contributed by atoms with Crippen molar-refractivity contribution in [1.82, 2.24) is 0 Å². The van der Waals surface area contributed by atoms with E-state index < -0.39 is 52.5 Å². The summed E-state index contributed by atoms with van der Waals surface area (Å²) in [4.78, 5) is 0. The normalized spacial score (nSPS) is 20.9. The van der Waals surface area contributed by atoms with Crippen molar-refractivity contribution in [3.8, 4) is 0 Å². The molecule has 10 heteroatoms. The van der Waals surface area contributed by atoms with E-state index in [0.717, 1.165) is 12.2 Å². The van der Waals surface area contributed by atoms with Crippen molar-refractivity contribution in [1.29, 1.82) is 0 Å². The number of halogens is 8. The van der Waals surface area contributed by atoms with E-state index in [-0.39, 0.29) is 29.1 Å². The highest BCUT2D eigenvalue weighted by molar-refractivity contribution is 5.52. The van der Waals surface area contributed by atoms with Gasteiger partial charge in [-0.15, -0.1) is 13.2 Å². The number of alkyl halides is 5. The second-order valence-corrected chi connectivity index (χ2v) is 8.48. The average Bonchev–Trinajstić information content (AvgIpc) is 3.14. The quantitative estimate of drug-likeness (QED) is 0.107. The summed E-state index contributed by atoms with van der Waals surface area (Å²) >= 11 is 0. The predicted octanol–water partition coefficient (Wildman–Crippen LogP) is 9.55. The van der Waals surface area contributed by atoms with Crippen LogP contribution in [0, 0.1) is 11.3 Å². The zero-order chi connectivity index (χ0) is 28.9. The molecule has 1 rings (SSSR count). The molecule has 0 aromatic rings. The van der Waals surface area contributed by atoms with Crippen LogP contribution >= 0.6 is 0 Å². The van der Waals surface area contributed by atoms with E-state index in [2.05, 4.69) is 48.9 Å². The van der Waals surface area contributed by atoms with Gasteiger partial charge >= 0.3 is 12.5 Å². The fourth-order valence-electron chi connectivity index (χ4n) is 3.03. The molecule has 0 heterocycles. The highest BCUT2D eigenvalue weighted by atomic mass is 19.4. The molecule has 0 fully saturated rings. The molecule has 0 aromatic carbocycles. The molecule has 2 atom stereocenters. The summed E-state index contributed by atoms with van der Waals surface area (Å²) in [5.74, 6) is -7.71. The Hall–Kier alpha value is -3.56. The third-order valence-corrected chi connectivity index (χ3v) is 5.25. The fraction of sp³-hybridized carbons (Fsp3) is 0.259. The number of hydrogen-bond donors (Lipinski definition) is 0. The lowest BCUT2D eigenvalue weighted by Crippen LogP contribution is -2.39. The van der Waals surface area contributed by atoms with E-state index in [1.54, 1.807) is 13.0 Å². The van der Waals surface area contributed by atoms with Gasteiger partial charge in [0, 0.05) is 5.57 Å². The summed E-state index contributed by atoms with van der Waals surface area (Å²) < 4.78 is 116. The second kappa shape index (κ2) is 11.7. The van der Waals surface area contributed by atoms with Gasteiger partial charge in [0.2, 0.25) is 5.83 Å². The molecule has 1 unspecified atom stereocenters. The Morgan fingerprint density at radius 3 is 1.86 bits per heavy atom. The molecule has 0 spiro atoms. The first-order chi connectivity index (χ1) is 16.7. The van der Waals surface area contributed by atoms with E-state index in [4.69, 9.17) is 0 Å². The zero-order valence-corrected chi connectivity index (χ0v) is 20.3. The molecule has 0 N–H and O–H groups in total. The third-order valence-electron chi connectivity index (χ3n) is 5.25. The molecule has 0 radical (unpaired) electrons. The Bertz CT molecular complexity index is 1130. The van der Waals surface area contributed by atoms with Gasteiger partial charge in [-0.05, 0) is 42.1 Å². The maximum Gasteiger partial charge on any atom is 0.573 e. The first-order valence-corrected chi connectivity index (χ1v) is 10.5. The summed E-state index contributed by atoms with van der Waals surface area (Å²) in [5.41, 5.74) is -2.94. The molecule has 37 heavy (non-hydrogen) atoms. The lowest BCUT2D eigenvalue weighted by atomic mass is 9.86. The second-order valence-electron chi connectivity index (χ2n) is 8.48. The van der Waals surface area contributed by atoms with Crippen LogP contribution in [-0.2, 0) is 9.47 Å². The van der Waals surface area contributed by atoms with Crippen molar-refractivity contribution in [2.24, 2.45) is 11.3 Å². The van der Waals surface area contributed by atoms with Gasteiger partial charge in [0.1, 0.15) is 0 Å². The SMILES string of the molecule is C=C(/C=C\C(=C)C(=C)/C(F)=C(/F)C(=C)OC(F)(F)[C@@]1(C)C=CC(C)C1)C(=C)/C=C(/F)C(=C)OC(F)(F)F. The lowest BCUT2D eigenvalue weighted by molar-refractivity contribution is -0.304. The van der Waals surface area contributed by atoms with E-state index in [9.17, 15) is 35.1 Å². The van der Waals surface area contributed by atoms with Gasteiger partial charge in [-0.1, -0.05) is 70.7 Å². The van der Waals surface area contributed by atoms with Gasteiger partial charge in [-0.25, -0.2) is 8.78 Å². The number of ether oxygens (including phenoxy) is 2. The number of allylic oxidation sites excluding steroid dienone is 11. The first-order valence-electron chi connectivity index (χ1n) is 10.5. The summed E-state index contributed by atoms with van der Waals surface area (Å²) in [6.07, 6.45) is -3.50. The van der Waals surface area contributed by atoms with Gasteiger partial charge in [-0.3, -0.25) is 0 Å². The minimum atomic E-state index is -5.15. The van der Waals surface area contributed by atoms with Gasteiger partial charge in [0.15, 0.2) is 23.2 Å². The fourth-order valence-corrected chi connectivity index (χ4v) is 3.03. The minimum Gasteiger partial charge on any atom is -0.429 e. The van der Waals surface area contributed by atoms with E-state index in [1.165, 1.54) is 13.0 Å². The highest BCUT2D eigenvalue weighted by Crippen LogP contribution is 2.49. The van der Waals surface area contributed by atoms with Crippen molar-refractivity contribution in [2.45, 2.75) is 32.7 Å². The van der Waals surface area contributed by atoms with Crippen LogP contribution in [0.2, 0.25) is 0 Å². The van der Waals surface area contributed by atoms with E-state index >= 15 is 0 Å². The Morgan fingerprint density at radius 2 is 1.38 bits per heavy atom. The minimum absolute atomic E-state index is 0.0210. The van der Waals surface area contributed by atoms with Crippen molar-refractivity contribution in [2.75, 3.05) is 0 Å². The molecule has 2 nitrogen and oxygen atoms in total. The first kappa shape index (κ1) is 31.5. The molecule has 0 amide bonds. The van der Waals surface area contributed by atoms with Gasteiger partial charge in [0.05, 0.1) is 5.41 Å². The van der Waals surface area contributed by atoms with Crippen LogP contribution in [0.25, 0.3) is 0 Å². The molecule has 1 aliphatic rings. The Morgan fingerprint density at radius 1 is 0.838 bits per heavy atom. The molecule has 0 bridgehead atoms. The van der Waals surface area contributed by atoms with E-state index in [0.29, 0.717) is 6.08 Å². The van der Waals surface area contributed by atoms with Crippen LogP contribution in [-0.4, -0.2) is 12.5 Å². The van der Waals surface area contributed by atoms with Crippen LogP contribution in [0.1, 0.15) is 20.3 Å². The number of rotatable bonds is 12. The monoisotopic (exact) mass is 534 g/mol. The molecule has 0 aliphatic heterocycles. The van der Waals surface area contributed by atoms with Gasteiger partial charge in [0.25, 0.3) is 0 Å². The van der Waals surface area contributed by atoms with E-state index in [1.807, 2.05) is 0 Å². The highest BCUT2D eigenvalue weighted by Gasteiger charge is 2.54. The molecule has 1 aliphatic carbocycles.